The van der Waals surface area contributed by atoms with Gasteiger partial charge in [0.1, 0.15) is 5.84 Å². The number of amides is 1. The summed E-state index contributed by atoms with van der Waals surface area (Å²) in [6.07, 6.45) is 3.54. The summed E-state index contributed by atoms with van der Waals surface area (Å²) in [4.78, 5) is 22.6. The van der Waals surface area contributed by atoms with E-state index in [9.17, 15) is 4.79 Å². The minimum atomic E-state index is -1.42. The van der Waals surface area contributed by atoms with Crippen LogP contribution in [0.15, 0.2) is 39.2 Å². The third-order valence-electron chi connectivity index (χ3n) is 4.87. The van der Waals surface area contributed by atoms with Gasteiger partial charge in [-0.25, -0.2) is 9.79 Å². The second-order valence-electron chi connectivity index (χ2n) is 7.41. The zero-order valence-corrected chi connectivity index (χ0v) is 17.4. The van der Waals surface area contributed by atoms with Gasteiger partial charge in [0.2, 0.25) is 0 Å². The number of carboxylic acid groups (broad SMARTS) is 1. The Balaban J connectivity index is 2.01. The SMILES string of the molecule is CC1CCC(CNCC(N)=NC(=NCc2cccc(Cl)c2)/C(N)=N/C(=O)O)CC1. The fourth-order valence-corrected chi connectivity index (χ4v) is 3.45. The van der Waals surface area contributed by atoms with Crippen LogP contribution < -0.4 is 16.8 Å². The van der Waals surface area contributed by atoms with E-state index in [-0.39, 0.29) is 24.1 Å². The van der Waals surface area contributed by atoms with Crippen molar-refractivity contribution in [1.82, 2.24) is 5.32 Å². The molecule has 1 fully saturated rings. The van der Waals surface area contributed by atoms with Crippen LogP contribution in [0.4, 0.5) is 4.79 Å². The fourth-order valence-electron chi connectivity index (χ4n) is 3.24. The van der Waals surface area contributed by atoms with Crippen LogP contribution in [0.25, 0.3) is 0 Å². The van der Waals surface area contributed by atoms with Crippen LogP contribution in [0.1, 0.15) is 38.2 Å². The van der Waals surface area contributed by atoms with Crippen LogP contribution in [0, 0.1) is 11.8 Å². The molecule has 8 nitrogen and oxygen atoms in total. The van der Waals surface area contributed by atoms with Gasteiger partial charge in [0.15, 0.2) is 11.7 Å². The van der Waals surface area contributed by atoms with E-state index < -0.39 is 6.09 Å². The molecule has 29 heavy (non-hydrogen) atoms. The normalized spacial score (nSPS) is 21.2. The maximum absolute atomic E-state index is 10.9. The summed E-state index contributed by atoms with van der Waals surface area (Å²) in [6.45, 7) is 3.75. The number of rotatable bonds is 6. The van der Waals surface area contributed by atoms with E-state index in [0.717, 1.165) is 18.0 Å². The lowest BCUT2D eigenvalue weighted by Gasteiger charge is -2.26. The van der Waals surface area contributed by atoms with Crippen molar-refractivity contribution in [2.45, 2.75) is 39.2 Å². The quantitative estimate of drug-likeness (QED) is 0.413. The third kappa shape index (κ3) is 8.62. The number of nitrogens with one attached hydrogen (secondary N) is 1. The summed E-state index contributed by atoms with van der Waals surface area (Å²) in [5.41, 5.74) is 12.6. The maximum Gasteiger partial charge on any atom is 0.433 e. The van der Waals surface area contributed by atoms with E-state index in [0.29, 0.717) is 17.5 Å². The molecule has 158 valence electrons. The summed E-state index contributed by atoms with van der Waals surface area (Å²) < 4.78 is 0. The second kappa shape index (κ2) is 11.5. The lowest BCUT2D eigenvalue weighted by Crippen LogP contribution is -2.35. The van der Waals surface area contributed by atoms with Crippen molar-refractivity contribution in [3.63, 3.8) is 0 Å². The van der Waals surface area contributed by atoms with Gasteiger partial charge in [0.25, 0.3) is 0 Å². The summed E-state index contributed by atoms with van der Waals surface area (Å²) in [5, 5.41) is 12.8. The summed E-state index contributed by atoms with van der Waals surface area (Å²) in [5.74, 6) is 1.41. The molecule has 1 aliphatic rings. The van der Waals surface area contributed by atoms with Crippen molar-refractivity contribution < 1.29 is 9.90 Å². The van der Waals surface area contributed by atoms with Crippen LogP contribution >= 0.6 is 11.6 Å². The number of amidine groups is 3. The molecule has 0 atom stereocenters. The average molecular weight is 421 g/mol. The van der Waals surface area contributed by atoms with Crippen LogP contribution in [-0.2, 0) is 6.54 Å². The predicted molar refractivity (Wildman–Crippen MR) is 118 cm³/mol. The minimum Gasteiger partial charge on any atom is -0.463 e. The highest BCUT2D eigenvalue weighted by atomic mass is 35.5. The Bertz CT molecular complexity index is 785. The van der Waals surface area contributed by atoms with Gasteiger partial charge >= 0.3 is 6.09 Å². The van der Waals surface area contributed by atoms with E-state index in [4.69, 9.17) is 28.2 Å². The smallest absolute Gasteiger partial charge is 0.433 e. The Morgan fingerprint density at radius 3 is 2.62 bits per heavy atom. The first-order valence-corrected chi connectivity index (χ1v) is 10.1. The molecule has 0 heterocycles. The number of hydrogen-bond acceptors (Lipinski definition) is 3. The summed E-state index contributed by atoms with van der Waals surface area (Å²) in [6, 6.07) is 7.16. The van der Waals surface area contributed by atoms with Crippen molar-refractivity contribution in [3.8, 4) is 0 Å². The van der Waals surface area contributed by atoms with Gasteiger partial charge in [-0.15, -0.1) is 0 Å². The summed E-state index contributed by atoms with van der Waals surface area (Å²) in [7, 11) is 0. The fraction of sp³-hybridized carbons (Fsp3) is 0.500. The molecule has 0 aliphatic heterocycles. The third-order valence-corrected chi connectivity index (χ3v) is 5.10. The molecule has 6 N–H and O–H groups in total. The first kappa shape index (κ1) is 22.8. The van der Waals surface area contributed by atoms with Crippen molar-refractivity contribution in [1.29, 1.82) is 0 Å². The molecule has 0 radical (unpaired) electrons. The van der Waals surface area contributed by atoms with Crippen molar-refractivity contribution in [2.24, 2.45) is 38.3 Å². The van der Waals surface area contributed by atoms with E-state index in [1.54, 1.807) is 18.2 Å². The summed E-state index contributed by atoms with van der Waals surface area (Å²) >= 11 is 5.97. The van der Waals surface area contributed by atoms with Crippen LogP contribution in [-0.4, -0.2) is 41.8 Å². The molecule has 0 unspecified atom stereocenters. The van der Waals surface area contributed by atoms with E-state index in [2.05, 4.69) is 27.2 Å². The van der Waals surface area contributed by atoms with Gasteiger partial charge in [-0.3, -0.25) is 4.99 Å². The molecule has 0 saturated heterocycles. The Hall–Kier alpha value is -2.45. The molecule has 0 bridgehead atoms. The molecule has 9 heteroatoms. The molecule has 1 amide bonds. The largest absolute Gasteiger partial charge is 0.463 e. The van der Waals surface area contributed by atoms with Gasteiger partial charge in [-0.05, 0) is 48.9 Å². The Labute approximate surface area is 176 Å². The van der Waals surface area contributed by atoms with Crippen molar-refractivity contribution in [2.75, 3.05) is 13.1 Å². The lowest BCUT2D eigenvalue weighted by atomic mass is 9.83. The first-order chi connectivity index (χ1) is 13.8. The van der Waals surface area contributed by atoms with Crippen LogP contribution in [0.5, 0.6) is 0 Å². The van der Waals surface area contributed by atoms with Gasteiger partial charge in [-0.1, -0.05) is 43.5 Å². The highest BCUT2D eigenvalue weighted by molar-refractivity contribution is 6.42. The van der Waals surface area contributed by atoms with Gasteiger partial charge in [-0.2, -0.15) is 4.99 Å². The molecule has 1 aliphatic carbocycles. The first-order valence-electron chi connectivity index (χ1n) is 9.73. The van der Waals surface area contributed by atoms with Crippen molar-refractivity contribution in [3.05, 3.63) is 34.9 Å². The van der Waals surface area contributed by atoms with Gasteiger partial charge in [0.05, 0.1) is 13.1 Å². The number of aliphatic imine (C=N–C) groups is 3. The zero-order chi connectivity index (χ0) is 21.2. The topological polar surface area (TPSA) is 138 Å². The maximum atomic E-state index is 10.9. The van der Waals surface area contributed by atoms with E-state index >= 15 is 0 Å². The van der Waals surface area contributed by atoms with E-state index in [1.807, 2.05) is 6.07 Å². The highest BCUT2D eigenvalue weighted by Gasteiger charge is 2.17. The van der Waals surface area contributed by atoms with Gasteiger partial charge < -0.3 is 21.9 Å². The number of halogens is 1. The second-order valence-corrected chi connectivity index (χ2v) is 7.85. The molecule has 1 aromatic rings. The van der Waals surface area contributed by atoms with Gasteiger partial charge in [0, 0.05) is 5.02 Å². The Morgan fingerprint density at radius 1 is 1.24 bits per heavy atom. The average Bonchev–Trinajstić information content (AvgIpc) is 2.66. The highest BCUT2D eigenvalue weighted by Crippen LogP contribution is 2.27. The Kier molecular flexibility index (Phi) is 9.08. The molecule has 0 spiro atoms. The Morgan fingerprint density at radius 2 is 1.97 bits per heavy atom. The number of benzene rings is 1. The molecule has 2 rings (SSSR count). The number of hydrogen-bond donors (Lipinski definition) is 4. The molecular formula is C20H29ClN6O2. The molecule has 0 aromatic heterocycles. The number of nitrogens with zero attached hydrogens (tertiary/aromatic N) is 3. The van der Waals surface area contributed by atoms with E-state index in [1.165, 1.54) is 25.7 Å². The zero-order valence-electron chi connectivity index (χ0n) is 16.6. The monoisotopic (exact) mass is 420 g/mol. The predicted octanol–water partition coefficient (Wildman–Crippen LogP) is 3.05. The molecule has 1 aromatic carbocycles. The molecular weight excluding hydrogens is 392 g/mol. The van der Waals surface area contributed by atoms with Crippen molar-refractivity contribution >= 4 is 35.2 Å². The molecule has 1 saturated carbocycles. The van der Waals surface area contributed by atoms with Crippen LogP contribution in [0.3, 0.4) is 0 Å². The van der Waals surface area contributed by atoms with Crippen LogP contribution in [0.2, 0.25) is 5.02 Å². The lowest BCUT2D eigenvalue weighted by molar-refractivity contribution is 0.206. The number of carbonyl (C=O) groups is 1. The number of nitrogens with two attached hydrogens (primary N) is 2. The standard InChI is InChI=1S/C20H29ClN6O2/c1-13-5-7-14(8-6-13)10-24-12-17(22)26-19(18(23)27-20(28)29)25-11-15-3-2-4-16(21)9-15/h2-4,9,13-14,24H,5-8,10-12H2,1H3,(H2,23,27)(H,28,29)(H2,22,25,26). The minimum absolute atomic E-state index is 0.0156.